The summed E-state index contributed by atoms with van der Waals surface area (Å²) >= 11 is 0. The van der Waals surface area contributed by atoms with Crippen LogP contribution in [0.25, 0.3) is 11.4 Å². The summed E-state index contributed by atoms with van der Waals surface area (Å²) in [4.78, 5) is 23.3. The van der Waals surface area contributed by atoms with Crippen LogP contribution in [0.5, 0.6) is 0 Å². The molecule has 0 aliphatic rings. The van der Waals surface area contributed by atoms with E-state index in [1.165, 1.54) is 0 Å². The van der Waals surface area contributed by atoms with Gasteiger partial charge >= 0.3 is 0 Å². The molecule has 0 fully saturated rings. The number of amides is 1. The van der Waals surface area contributed by atoms with Gasteiger partial charge in [-0.1, -0.05) is 24.2 Å². The van der Waals surface area contributed by atoms with Crippen LogP contribution in [0.2, 0.25) is 0 Å². The predicted octanol–water partition coefficient (Wildman–Crippen LogP) is 3.88. The molecule has 26 heavy (non-hydrogen) atoms. The van der Waals surface area contributed by atoms with Gasteiger partial charge in [-0.15, -0.1) is 0 Å². The van der Waals surface area contributed by atoms with Crippen LogP contribution in [0.4, 0.5) is 0 Å². The molecule has 134 valence electrons. The minimum atomic E-state index is -0.0155. The van der Waals surface area contributed by atoms with Crippen molar-refractivity contribution in [2.45, 2.75) is 39.8 Å². The Bertz CT molecular complexity index is 876. The van der Waals surface area contributed by atoms with Gasteiger partial charge in [0, 0.05) is 43.0 Å². The Labute approximate surface area is 152 Å². The van der Waals surface area contributed by atoms with E-state index in [0.717, 1.165) is 17.5 Å². The molecule has 0 aliphatic heterocycles. The molecule has 0 aliphatic carbocycles. The molecule has 0 bridgehead atoms. The van der Waals surface area contributed by atoms with Crippen molar-refractivity contribution in [1.82, 2.24) is 20.0 Å². The molecule has 1 atom stereocenters. The molecule has 3 rings (SSSR count). The average Bonchev–Trinajstić information content (AvgIpc) is 3.12. The lowest BCUT2D eigenvalue weighted by Gasteiger charge is -2.29. The standard InChI is InChI=1S/C20H22N4O2/c1-4-14(2)24(13-16-8-10-21-11-9-16)20(25)18-7-5-6-17(12-18)19-22-15(3)26-23-19/h5-12,14H,4,13H2,1-3H3/t14-/m1/s1. The van der Waals surface area contributed by atoms with E-state index in [2.05, 4.69) is 29.0 Å². The summed E-state index contributed by atoms with van der Waals surface area (Å²) < 4.78 is 5.04. The Morgan fingerprint density at radius 1 is 1.23 bits per heavy atom. The van der Waals surface area contributed by atoms with Gasteiger partial charge in [0.1, 0.15) is 0 Å². The third-order valence-electron chi connectivity index (χ3n) is 4.38. The van der Waals surface area contributed by atoms with Crippen LogP contribution in [-0.2, 0) is 6.54 Å². The zero-order valence-corrected chi connectivity index (χ0v) is 15.2. The van der Waals surface area contributed by atoms with E-state index < -0.39 is 0 Å². The highest BCUT2D eigenvalue weighted by Crippen LogP contribution is 2.20. The van der Waals surface area contributed by atoms with Crippen LogP contribution in [-0.4, -0.2) is 32.0 Å². The molecule has 2 aromatic heterocycles. The highest BCUT2D eigenvalue weighted by atomic mass is 16.5. The van der Waals surface area contributed by atoms with Crippen molar-refractivity contribution in [1.29, 1.82) is 0 Å². The van der Waals surface area contributed by atoms with Crippen molar-refractivity contribution in [2.24, 2.45) is 0 Å². The summed E-state index contributed by atoms with van der Waals surface area (Å²) in [5.74, 6) is 0.968. The second kappa shape index (κ2) is 7.91. The van der Waals surface area contributed by atoms with Crippen LogP contribution < -0.4 is 0 Å². The fourth-order valence-corrected chi connectivity index (χ4v) is 2.71. The van der Waals surface area contributed by atoms with E-state index in [-0.39, 0.29) is 11.9 Å². The van der Waals surface area contributed by atoms with Crippen LogP contribution in [0.1, 0.15) is 42.1 Å². The van der Waals surface area contributed by atoms with Crippen LogP contribution in [0, 0.1) is 6.92 Å². The van der Waals surface area contributed by atoms with Crippen molar-refractivity contribution in [3.05, 3.63) is 65.8 Å². The van der Waals surface area contributed by atoms with E-state index in [1.807, 2.05) is 41.3 Å². The largest absolute Gasteiger partial charge is 0.339 e. The molecular formula is C20H22N4O2. The molecule has 6 heteroatoms. The molecule has 0 saturated carbocycles. The van der Waals surface area contributed by atoms with Gasteiger partial charge in [0.25, 0.3) is 5.91 Å². The Kier molecular flexibility index (Phi) is 5.41. The molecule has 0 spiro atoms. The molecular weight excluding hydrogens is 328 g/mol. The first-order valence-electron chi connectivity index (χ1n) is 8.69. The van der Waals surface area contributed by atoms with Gasteiger partial charge in [0.15, 0.2) is 0 Å². The zero-order chi connectivity index (χ0) is 18.5. The van der Waals surface area contributed by atoms with Crippen LogP contribution >= 0.6 is 0 Å². The van der Waals surface area contributed by atoms with Crippen molar-refractivity contribution in [2.75, 3.05) is 0 Å². The average molecular weight is 350 g/mol. The van der Waals surface area contributed by atoms with Gasteiger partial charge in [-0.3, -0.25) is 9.78 Å². The maximum absolute atomic E-state index is 13.2. The second-order valence-electron chi connectivity index (χ2n) is 6.26. The van der Waals surface area contributed by atoms with Gasteiger partial charge in [0.2, 0.25) is 11.7 Å². The number of carbonyl (C=O) groups excluding carboxylic acids is 1. The summed E-state index contributed by atoms with van der Waals surface area (Å²) in [5, 5.41) is 3.93. The summed E-state index contributed by atoms with van der Waals surface area (Å²) in [7, 11) is 0. The Morgan fingerprint density at radius 3 is 2.65 bits per heavy atom. The SMILES string of the molecule is CC[C@@H](C)N(Cc1ccncc1)C(=O)c1cccc(-c2noc(C)n2)c1. The fraction of sp³-hybridized carbons (Fsp3) is 0.300. The van der Waals surface area contributed by atoms with E-state index in [4.69, 9.17) is 4.52 Å². The van der Waals surface area contributed by atoms with E-state index in [1.54, 1.807) is 19.3 Å². The number of nitrogens with zero attached hydrogens (tertiary/aromatic N) is 4. The smallest absolute Gasteiger partial charge is 0.254 e. The number of benzene rings is 1. The van der Waals surface area contributed by atoms with Crippen LogP contribution in [0.3, 0.4) is 0 Å². The number of aryl methyl sites for hydroxylation is 1. The number of aromatic nitrogens is 3. The lowest BCUT2D eigenvalue weighted by molar-refractivity contribution is 0.0671. The molecule has 0 radical (unpaired) electrons. The summed E-state index contributed by atoms with van der Waals surface area (Å²) in [6.45, 7) is 6.42. The molecule has 1 amide bonds. The predicted molar refractivity (Wildman–Crippen MR) is 98.3 cm³/mol. The molecule has 3 aromatic rings. The number of hydrogen-bond donors (Lipinski definition) is 0. The van der Waals surface area contributed by atoms with Crippen molar-refractivity contribution >= 4 is 5.91 Å². The minimum absolute atomic E-state index is 0.0155. The highest BCUT2D eigenvalue weighted by molar-refractivity contribution is 5.95. The van der Waals surface area contributed by atoms with Crippen LogP contribution in [0.15, 0.2) is 53.3 Å². The Balaban J connectivity index is 1.89. The number of hydrogen-bond acceptors (Lipinski definition) is 5. The number of rotatable bonds is 6. The summed E-state index contributed by atoms with van der Waals surface area (Å²) in [6.07, 6.45) is 4.36. The van der Waals surface area contributed by atoms with Gasteiger partial charge < -0.3 is 9.42 Å². The first-order valence-corrected chi connectivity index (χ1v) is 8.69. The van der Waals surface area contributed by atoms with Crippen molar-refractivity contribution in [3.8, 4) is 11.4 Å². The summed E-state index contributed by atoms with van der Waals surface area (Å²) in [5.41, 5.74) is 2.43. The maximum atomic E-state index is 13.2. The van der Waals surface area contributed by atoms with Crippen molar-refractivity contribution < 1.29 is 9.32 Å². The first-order chi connectivity index (χ1) is 12.6. The third-order valence-corrected chi connectivity index (χ3v) is 4.38. The third kappa shape index (κ3) is 3.96. The monoisotopic (exact) mass is 350 g/mol. The van der Waals surface area contributed by atoms with Gasteiger partial charge in [0.05, 0.1) is 0 Å². The second-order valence-corrected chi connectivity index (χ2v) is 6.26. The Morgan fingerprint density at radius 2 is 2.00 bits per heavy atom. The lowest BCUT2D eigenvalue weighted by Crippen LogP contribution is -2.37. The summed E-state index contributed by atoms with van der Waals surface area (Å²) in [6, 6.07) is 11.3. The fourth-order valence-electron chi connectivity index (χ4n) is 2.71. The molecule has 1 aromatic carbocycles. The number of carbonyl (C=O) groups is 1. The molecule has 0 saturated heterocycles. The Hall–Kier alpha value is -3.02. The topological polar surface area (TPSA) is 72.1 Å². The first kappa shape index (κ1) is 17.8. The van der Waals surface area contributed by atoms with Gasteiger partial charge in [-0.2, -0.15) is 4.98 Å². The lowest BCUT2D eigenvalue weighted by atomic mass is 10.1. The molecule has 0 unspecified atom stereocenters. The molecule has 6 nitrogen and oxygen atoms in total. The van der Waals surface area contributed by atoms with E-state index in [9.17, 15) is 4.79 Å². The molecule has 2 heterocycles. The normalized spacial score (nSPS) is 12.0. The van der Waals surface area contributed by atoms with Gasteiger partial charge in [-0.25, -0.2) is 0 Å². The number of pyridine rings is 1. The molecule has 0 N–H and O–H groups in total. The minimum Gasteiger partial charge on any atom is -0.339 e. The zero-order valence-electron chi connectivity index (χ0n) is 15.2. The highest BCUT2D eigenvalue weighted by Gasteiger charge is 2.21. The van der Waals surface area contributed by atoms with E-state index >= 15 is 0 Å². The van der Waals surface area contributed by atoms with Crippen molar-refractivity contribution in [3.63, 3.8) is 0 Å². The van der Waals surface area contributed by atoms with Gasteiger partial charge in [-0.05, 0) is 43.2 Å². The maximum Gasteiger partial charge on any atom is 0.254 e. The van der Waals surface area contributed by atoms with E-state index in [0.29, 0.717) is 23.8 Å². The quantitative estimate of drug-likeness (QED) is 0.674.